The van der Waals surface area contributed by atoms with Crippen LogP contribution in [0.3, 0.4) is 0 Å². The number of hydrogen-bond acceptors (Lipinski definition) is 4. The summed E-state index contributed by atoms with van der Waals surface area (Å²) in [4.78, 5) is 12.9. The zero-order valence-electron chi connectivity index (χ0n) is 17.1. The lowest BCUT2D eigenvalue weighted by Gasteiger charge is -2.30. The summed E-state index contributed by atoms with van der Waals surface area (Å²) in [6.07, 6.45) is 1.43. The SMILES string of the molecule is CCC(C(=O)NCc1cccc(OC(C)C)c1)N(c1cccc(Cl)c1)S(C)(=O)=O. The molecule has 0 saturated heterocycles. The number of benzene rings is 2. The fraction of sp³-hybridized carbons (Fsp3) is 0.381. The number of anilines is 1. The fourth-order valence-electron chi connectivity index (χ4n) is 2.98. The predicted molar refractivity (Wildman–Crippen MR) is 117 cm³/mol. The molecule has 1 unspecified atom stereocenters. The van der Waals surface area contributed by atoms with Crippen LogP contribution < -0.4 is 14.4 Å². The van der Waals surface area contributed by atoms with E-state index < -0.39 is 16.1 Å². The molecule has 29 heavy (non-hydrogen) atoms. The second-order valence-electron chi connectivity index (χ2n) is 6.99. The monoisotopic (exact) mass is 438 g/mol. The van der Waals surface area contributed by atoms with E-state index in [0.29, 0.717) is 17.1 Å². The molecule has 0 aliphatic rings. The van der Waals surface area contributed by atoms with Crippen molar-refractivity contribution in [3.8, 4) is 5.75 Å². The van der Waals surface area contributed by atoms with Gasteiger partial charge in [0.25, 0.3) is 0 Å². The number of sulfonamides is 1. The van der Waals surface area contributed by atoms with E-state index in [1.165, 1.54) is 6.07 Å². The summed E-state index contributed by atoms with van der Waals surface area (Å²) in [5.74, 6) is 0.337. The van der Waals surface area contributed by atoms with Gasteiger partial charge in [-0.25, -0.2) is 8.42 Å². The normalized spacial score (nSPS) is 12.5. The molecule has 0 spiro atoms. The number of nitrogens with one attached hydrogen (secondary N) is 1. The van der Waals surface area contributed by atoms with Crippen LogP contribution in [-0.2, 0) is 21.4 Å². The summed E-state index contributed by atoms with van der Waals surface area (Å²) in [5, 5.41) is 3.23. The lowest BCUT2D eigenvalue weighted by molar-refractivity contribution is -0.122. The van der Waals surface area contributed by atoms with Gasteiger partial charge in [-0.1, -0.05) is 36.7 Å². The molecule has 1 amide bonds. The van der Waals surface area contributed by atoms with Crippen LogP contribution in [0.15, 0.2) is 48.5 Å². The first kappa shape index (κ1) is 23.0. The average Bonchev–Trinajstić information content (AvgIpc) is 2.62. The lowest BCUT2D eigenvalue weighted by Crippen LogP contribution is -2.49. The van der Waals surface area contributed by atoms with Crippen molar-refractivity contribution in [2.45, 2.75) is 45.9 Å². The van der Waals surface area contributed by atoms with Crippen molar-refractivity contribution >= 4 is 33.2 Å². The van der Waals surface area contributed by atoms with Crippen LogP contribution in [0.4, 0.5) is 5.69 Å². The second kappa shape index (κ2) is 9.98. The molecule has 2 aromatic carbocycles. The number of amides is 1. The summed E-state index contributed by atoms with van der Waals surface area (Å²) < 4.78 is 31.7. The van der Waals surface area contributed by atoms with Gasteiger partial charge in [-0.3, -0.25) is 9.10 Å². The van der Waals surface area contributed by atoms with Crippen molar-refractivity contribution < 1.29 is 17.9 Å². The third-order valence-electron chi connectivity index (χ3n) is 4.13. The zero-order valence-corrected chi connectivity index (χ0v) is 18.6. The third-order valence-corrected chi connectivity index (χ3v) is 5.54. The minimum Gasteiger partial charge on any atom is -0.491 e. The highest BCUT2D eigenvalue weighted by molar-refractivity contribution is 7.92. The summed E-state index contributed by atoms with van der Waals surface area (Å²) >= 11 is 6.02. The van der Waals surface area contributed by atoms with Gasteiger partial charge in [-0.05, 0) is 56.2 Å². The molecule has 2 aromatic rings. The molecule has 1 atom stereocenters. The second-order valence-corrected chi connectivity index (χ2v) is 9.29. The van der Waals surface area contributed by atoms with E-state index >= 15 is 0 Å². The first-order valence-corrected chi connectivity index (χ1v) is 11.6. The van der Waals surface area contributed by atoms with Crippen molar-refractivity contribution in [3.63, 3.8) is 0 Å². The Kier molecular flexibility index (Phi) is 7.93. The van der Waals surface area contributed by atoms with E-state index in [0.717, 1.165) is 21.9 Å². The van der Waals surface area contributed by atoms with Crippen LogP contribution in [0.5, 0.6) is 5.75 Å². The highest BCUT2D eigenvalue weighted by Gasteiger charge is 2.31. The van der Waals surface area contributed by atoms with Gasteiger partial charge in [0.05, 0.1) is 18.0 Å². The van der Waals surface area contributed by atoms with E-state index in [-0.39, 0.29) is 18.6 Å². The molecule has 0 aromatic heterocycles. The van der Waals surface area contributed by atoms with Crippen LogP contribution >= 0.6 is 11.6 Å². The van der Waals surface area contributed by atoms with Crippen LogP contribution in [-0.4, -0.2) is 32.7 Å². The Balaban J connectivity index is 2.20. The van der Waals surface area contributed by atoms with Gasteiger partial charge in [-0.2, -0.15) is 0 Å². The number of carbonyl (C=O) groups is 1. The summed E-state index contributed by atoms with van der Waals surface area (Å²) in [6.45, 7) is 5.91. The summed E-state index contributed by atoms with van der Waals surface area (Å²) in [6, 6.07) is 13.0. The number of halogens is 1. The fourth-order valence-corrected chi connectivity index (χ4v) is 4.37. The minimum absolute atomic E-state index is 0.0466. The Morgan fingerprint density at radius 1 is 1.17 bits per heavy atom. The van der Waals surface area contributed by atoms with Gasteiger partial charge < -0.3 is 10.1 Å². The number of nitrogens with zero attached hydrogens (tertiary/aromatic N) is 1. The van der Waals surface area contributed by atoms with Crippen molar-refractivity contribution in [2.75, 3.05) is 10.6 Å². The molecule has 0 aliphatic heterocycles. The average molecular weight is 439 g/mol. The minimum atomic E-state index is -3.70. The molecule has 8 heteroatoms. The maximum absolute atomic E-state index is 12.9. The molecule has 0 aliphatic carbocycles. The molecule has 0 fully saturated rings. The Morgan fingerprint density at radius 3 is 2.45 bits per heavy atom. The number of carbonyl (C=O) groups excluding carboxylic acids is 1. The highest BCUT2D eigenvalue weighted by Crippen LogP contribution is 2.25. The number of ether oxygens (including phenoxy) is 1. The number of hydrogen-bond donors (Lipinski definition) is 1. The summed E-state index contributed by atoms with van der Waals surface area (Å²) in [5.41, 5.74) is 1.22. The molecule has 1 N–H and O–H groups in total. The molecular weight excluding hydrogens is 412 g/mol. The van der Waals surface area contributed by atoms with E-state index in [1.54, 1.807) is 25.1 Å². The topological polar surface area (TPSA) is 75.7 Å². The molecular formula is C21H27ClN2O4S. The van der Waals surface area contributed by atoms with Gasteiger partial charge in [0, 0.05) is 11.6 Å². The van der Waals surface area contributed by atoms with Crippen molar-refractivity contribution in [1.82, 2.24) is 5.32 Å². The maximum Gasteiger partial charge on any atom is 0.244 e. The molecule has 6 nitrogen and oxygen atoms in total. The van der Waals surface area contributed by atoms with Crippen molar-refractivity contribution in [2.24, 2.45) is 0 Å². The van der Waals surface area contributed by atoms with Crippen LogP contribution in [0, 0.1) is 0 Å². The van der Waals surface area contributed by atoms with Crippen LogP contribution in [0.25, 0.3) is 0 Å². The van der Waals surface area contributed by atoms with Crippen molar-refractivity contribution in [1.29, 1.82) is 0 Å². The van der Waals surface area contributed by atoms with E-state index in [9.17, 15) is 13.2 Å². The first-order chi connectivity index (χ1) is 13.6. The van der Waals surface area contributed by atoms with Gasteiger partial charge >= 0.3 is 0 Å². The third kappa shape index (κ3) is 6.65. The molecule has 0 radical (unpaired) electrons. The number of rotatable bonds is 9. The Morgan fingerprint density at radius 2 is 1.86 bits per heavy atom. The van der Waals surface area contributed by atoms with E-state index in [2.05, 4.69) is 5.32 Å². The van der Waals surface area contributed by atoms with Gasteiger partial charge in [0.15, 0.2) is 0 Å². The van der Waals surface area contributed by atoms with Gasteiger partial charge in [-0.15, -0.1) is 0 Å². The zero-order chi connectivity index (χ0) is 21.6. The smallest absolute Gasteiger partial charge is 0.244 e. The van der Waals surface area contributed by atoms with Crippen molar-refractivity contribution in [3.05, 3.63) is 59.1 Å². The van der Waals surface area contributed by atoms with Gasteiger partial charge in [0.2, 0.25) is 15.9 Å². The van der Waals surface area contributed by atoms with Gasteiger partial charge in [0.1, 0.15) is 11.8 Å². The Labute approximate surface area is 177 Å². The lowest BCUT2D eigenvalue weighted by atomic mass is 10.1. The van der Waals surface area contributed by atoms with E-state index in [4.69, 9.17) is 16.3 Å². The Hall–Kier alpha value is -2.25. The molecule has 0 heterocycles. The maximum atomic E-state index is 12.9. The quantitative estimate of drug-likeness (QED) is 0.642. The van der Waals surface area contributed by atoms with E-state index in [1.807, 2.05) is 38.1 Å². The first-order valence-electron chi connectivity index (χ1n) is 9.40. The van der Waals surface area contributed by atoms with Crippen LogP contribution in [0.1, 0.15) is 32.8 Å². The largest absolute Gasteiger partial charge is 0.491 e. The Bertz CT molecular complexity index is 947. The summed E-state index contributed by atoms with van der Waals surface area (Å²) in [7, 11) is -3.70. The standard InChI is InChI=1S/C21H27ClN2O4S/c1-5-20(24(29(4,26)27)18-10-7-9-17(22)13-18)21(25)23-14-16-8-6-11-19(12-16)28-15(2)3/h6-13,15,20H,5,14H2,1-4H3,(H,23,25). The molecule has 158 valence electrons. The molecule has 0 saturated carbocycles. The molecule has 2 rings (SSSR count). The predicted octanol–water partition coefficient (Wildman–Crippen LogP) is 3.99. The molecule has 0 bridgehead atoms. The van der Waals surface area contributed by atoms with Crippen LogP contribution in [0.2, 0.25) is 5.02 Å². The highest BCUT2D eigenvalue weighted by atomic mass is 35.5.